The highest BCUT2D eigenvalue weighted by Gasteiger charge is 2.20. The third kappa shape index (κ3) is 6.08. The first-order valence-corrected chi connectivity index (χ1v) is 11.0. The highest BCUT2D eigenvalue weighted by molar-refractivity contribution is 5.98. The molecule has 2 aromatic carbocycles. The molecule has 1 saturated heterocycles. The zero-order chi connectivity index (χ0) is 23.0. The molecule has 4 rings (SSSR count). The van der Waals surface area contributed by atoms with Crippen molar-refractivity contribution >= 4 is 34.7 Å². The van der Waals surface area contributed by atoms with E-state index in [1.54, 1.807) is 6.07 Å². The minimum Gasteiger partial charge on any atom is -0.380 e. The quantitative estimate of drug-likeness (QED) is 0.363. The Morgan fingerprint density at radius 1 is 1.00 bits per heavy atom. The Kier molecular flexibility index (Phi) is 7.16. The van der Waals surface area contributed by atoms with Crippen molar-refractivity contribution in [3.63, 3.8) is 0 Å². The van der Waals surface area contributed by atoms with Crippen LogP contribution in [0.2, 0.25) is 0 Å². The maximum Gasteiger partial charge on any atom is 0.252 e. The molecule has 8 heteroatoms. The van der Waals surface area contributed by atoms with Gasteiger partial charge in [-0.1, -0.05) is 30.3 Å². The molecule has 6 N–H and O–H groups in total. The predicted molar refractivity (Wildman–Crippen MR) is 130 cm³/mol. The van der Waals surface area contributed by atoms with Gasteiger partial charge in [-0.25, -0.2) is 4.98 Å². The van der Waals surface area contributed by atoms with Crippen molar-refractivity contribution in [2.75, 3.05) is 29.0 Å². The molecule has 8 nitrogen and oxygen atoms in total. The smallest absolute Gasteiger partial charge is 0.252 e. The van der Waals surface area contributed by atoms with E-state index in [2.05, 4.69) is 26.3 Å². The van der Waals surface area contributed by atoms with Crippen molar-refractivity contribution in [3.8, 4) is 0 Å². The van der Waals surface area contributed by atoms with Gasteiger partial charge in [-0.3, -0.25) is 9.59 Å². The van der Waals surface area contributed by atoms with Crippen molar-refractivity contribution < 1.29 is 9.59 Å². The van der Waals surface area contributed by atoms with Crippen LogP contribution in [-0.2, 0) is 11.3 Å². The number of hydrogen-bond donors (Lipinski definition) is 5. The standard InChI is InChI=1S/C25H28N6O2/c26-24(32)21-16-29-23(14-22(21)28-15-17-4-2-1-3-5-17)30-19-6-8-20(9-7-19)31-25(33)18-10-12-27-13-11-18/h1-9,14,16,18,27H,10-13,15H2,(H2,26,32)(H,31,33)(H2,28,29,30). The second-order valence-electron chi connectivity index (χ2n) is 8.03. The van der Waals surface area contributed by atoms with E-state index in [9.17, 15) is 9.59 Å². The van der Waals surface area contributed by atoms with Gasteiger partial charge in [0.25, 0.3) is 5.91 Å². The molecule has 0 radical (unpaired) electrons. The first kappa shape index (κ1) is 22.3. The Labute approximate surface area is 193 Å². The van der Waals surface area contributed by atoms with Gasteiger partial charge in [-0.15, -0.1) is 0 Å². The van der Waals surface area contributed by atoms with E-state index in [-0.39, 0.29) is 11.8 Å². The molecule has 1 aromatic heterocycles. The second kappa shape index (κ2) is 10.6. The molecule has 1 fully saturated rings. The Balaban J connectivity index is 1.41. The van der Waals surface area contributed by atoms with Crippen LogP contribution in [0.25, 0.3) is 0 Å². The number of carbonyl (C=O) groups is 2. The number of benzene rings is 2. The molecule has 0 saturated carbocycles. The lowest BCUT2D eigenvalue weighted by Gasteiger charge is -2.21. The molecule has 1 aliphatic heterocycles. The molecule has 0 atom stereocenters. The molecule has 0 aliphatic carbocycles. The summed E-state index contributed by atoms with van der Waals surface area (Å²) in [6.45, 7) is 2.31. The monoisotopic (exact) mass is 444 g/mol. The number of nitrogens with two attached hydrogens (primary N) is 1. The number of primary amides is 1. The van der Waals surface area contributed by atoms with Gasteiger partial charge in [-0.2, -0.15) is 0 Å². The third-order valence-corrected chi connectivity index (χ3v) is 5.63. The van der Waals surface area contributed by atoms with E-state index >= 15 is 0 Å². The Bertz CT molecular complexity index is 1100. The summed E-state index contributed by atoms with van der Waals surface area (Å²) in [6, 6.07) is 19.1. The fraction of sp³-hybridized carbons (Fsp3) is 0.240. The summed E-state index contributed by atoms with van der Waals surface area (Å²) >= 11 is 0. The largest absolute Gasteiger partial charge is 0.380 e. The van der Waals surface area contributed by atoms with Gasteiger partial charge in [0.1, 0.15) is 5.82 Å². The molecule has 0 spiro atoms. The van der Waals surface area contributed by atoms with Crippen LogP contribution in [0.5, 0.6) is 0 Å². The van der Waals surface area contributed by atoms with Crippen LogP contribution in [0.1, 0.15) is 28.8 Å². The minimum absolute atomic E-state index is 0.0545. The van der Waals surface area contributed by atoms with Crippen LogP contribution in [0.15, 0.2) is 66.9 Å². The molecular formula is C25H28N6O2. The van der Waals surface area contributed by atoms with Crippen LogP contribution in [0.3, 0.4) is 0 Å². The fourth-order valence-electron chi connectivity index (χ4n) is 3.77. The van der Waals surface area contributed by atoms with Gasteiger partial charge in [0.05, 0.1) is 11.3 Å². The highest BCUT2D eigenvalue weighted by atomic mass is 16.2. The lowest BCUT2D eigenvalue weighted by atomic mass is 9.97. The number of nitrogens with one attached hydrogen (secondary N) is 4. The molecule has 0 unspecified atom stereocenters. The number of aromatic nitrogens is 1. The lowest BCUT2D eigenvalue weighted by molar-refractivity contribution is -0.120. The number of pyridine rings is 1. The normalized spacial score (nSPS) is 13.8. The van der Waals surface area contributed by atoms with Gasteiger partial charge < -0.3 is 27.0 Å². The number of rotatable bonds is 8. The van der Waals surface area contributed by atoms with E-state index in [1.807, 2.05) is 54.6 Å². The zero-order valence-corrected chi connectivity index (χ0v) is 18.3. The van der Waals surface area contributed by atoms with Crippen LogP contribution in [0.4, 0.5) is 22.9 Å². The van der Waals surface area contributed by atoms with E-state index in [1.165, 1.54) is 6.20 Å². The van der Waals surface area contributed by atoms with Crippen molar-refractivity contribution in [2.24, 2.45) is 11.7 Å². The number of piperidine rings is 1. The van der Waals surface area contributed by atoms with Crippen LogP contribution in [-0.4, -0.2) is 29.9 Å². The molecule has 3 aromatic rings. The van der Waals surface area contributed by atoms with E-state index in [0.717, 1.165) is 42.9 Å². The molecule has 170 valence electrons. The van der Waals surface area contributed by atoms with Crippen LogP contribution < -0.4 is 27.0 Å². The van der Waals surface area contributed by atoms with Crippen LogP contribution in [0, 0.1) is 5.92 Å². The maximum atomic E-state index is 12.4. The number of amides is 2. The number of anilines is 4. The summed E-state index contributed by atoms with van der Waals surface area (Å²) in [5.41, 5.74) is 9.10. The zero-order valence-electron chi connectivity index (χ0n) is 18.3. The third-order valence-electron chi connectivity index (χ3n) is 5.63. The summed E-state index contributed by atoms with van der Waals surface area (Å²) in [5.74, 6) is 0.148. The molecule has 2 heterocycles. The molecule has 1 aliphatic rings. The van der Waals surface area contributed by atoms with E-state index in [4.69, 9.17) is 5.73 Å². The van der Waals surface area contributed by atoms with Gasteiger partial charge in [0.15, 0.2) is 0 Å². The minimum atomic E-state index is -0.543. The highest BCUT2D eigenvalue weighted by Crippen LogP contribution is 2.24. The van der Waals surface area contributed by atoms with Gasteiger partial charge in [-0.05, 0) is 55.8 Å². The Hall–Kier alpha value is -3.91. The van der Waals surface area contributed by atoms with Gasteiger partial charge in [0.2, 0.25) is 5.91 Å². The van der Waals surface area contributed by atoms with Gasteiger partial charge >= 0.3 is 0 Å². The number of carbonyl (C=O) groups excluding carboxylic acids is 2. The number of nitrogens with zero attached hydrogens (tertiary/aromatic N) is 1. The van der Waals surface area contributed by atoms with Crippen molar-refractivity contribution in [1.82, 2.24) is 10.3 Å². The van der Waals surface area contributed by atoms with E-state index in [0.29, 0.717) is 23.6 Å². The molecule has 33 heavy (non-hydrogen) atoms. The van der Waals surface area contributed by atoms with Crippen molar-refractivity contribution in [2.45, 2.75) is 19.4 Å². The fourth-order valence-corrected chi connectivity index (χ4v) is 3.77. The number of hydrogen-bond acceptors (Lipinski definition) is 6. The lowest BCUT2D eigenvalue weighted by Crippen LogP contribution is -2.34. The molecular weight excluding hydrogens is 416 g/mol. The first-order chi connectivity index (χ1) is 16.1. The van der Waals surface area contributed by atoms with Crippen molar-refractivity contribution in [1.29, 1.82) is 0 Å². The SMILES string of the molecule is NC(=O)c1cnc(Nc2ccc(NC(=O)C3CCNCC3)cc2)cc1NCc1ccccc1. The summed E-state index contributed by atoms with van der Waals surface area (Å²) < 4.78 is 0. The van der Waals surface area contributed by atoms with Crippen LogP contribution >= 0.6 is 0 Å². The first-order valence-electron chi connectivity index (χ1n) is 11.0. The second-order valence-corrected chi connectivity index (χ2v) is 8.03. The summed E-state index contributed by atoms with van der Waals surface area (Å²) in [7, 11) is 0. The molecule has 2 amide bonds. The van der Waals surface area contributed by atoms with Crippen molar-refractivity contribution in [3.05, 3.63) is 78.0 Å². The summed E-state index contributed by atoms with van der Waals surface area (Å²) in [4.78, 5) is 28.6. The average molecular weight is 445 g/mol. The Morgan fingerprint density at radius 2 is 1.70 bits per heavy atom. The molecule has 0 bridgehead atoms. The summed E-state index contributed by atoms with van der Waals surface area (Å²) in [5, 5.41) is 12.8. The maximum absolute atomic E-state index is 12.4. The van der Waals surface area contributed by atoms with E-state index < -0.39 is 5.91 Å². The average Bonchev–Trinajstić information content (AvgIpc) is 2.85. The van der Waals surface area contributed by atoms with Gasteiger partial charge in [0, 0.05) is 36.1 Å². The summed E-state index contributed by atoms with van der Waals surface area (Å²) in [6.07, 6.45) is 3.18. The topological polar surface area (TPSA) is 121 Å². The Morgan fingerprint density at radius 3 is 2.39 bits per heavy atom. The predicted octanol–water partition coefficient (Wildman–Crippen LogP) is 3.47.